The molecule has 0 aliphatic carbocycles. The Morgan fingerprint density at radius 1 is 1.05 bits per heavy atom. The van der Waals surface area contributed by atoms with Gasteiger partial charge in [0.2, 0.25) is 0 Å². The van der Waals surface area contributed by atoms with Crippen molar-refractivity contribution in [1.29, 1.82) is 0 Å². The van der Waals surface area contributed by atoms with Gasteiger partial charge in [-0.05, 0) is 29.8 Å². The molecule has 1 N–H and O–H groups in total. The first-order valence-electron chi connectivity index (χ1n) is 6.87. The lowest BCUT2D eigenvalue weighted by molar-refractivity contribution is 0.416. The van der Waals surface area contributed by atoms with Crippen LogP contribution in [0.5, 0.6) is 5.75 Å². The van der Waals surface area contributed by atoms with Crippen molar-refractivity contribution in [2.45, 2.75) is 26.4 Å². The van der Waals surface area contributed by atoms with Gasteiger partial charge >= 0.3 is 0 Å². The minimum atomic E-state index is 0.441. The summed E-state index contributed by atoms with van der Waals surface area (Å²) in [6.07, 6.45) is 0. The summed E-state index contributed by atoms with van der Waals surface area (Å²) in [5, 5.41) is 4.73. The average Bonchev–Trinajstić information content (AvgIpc) is 2.45. The fourth-order valence-corrected chi connectivity index (χ4v) is 2.58. The van der Waals surface area contributed by atoms with E-state index < -0.39 is 0 Å². The number of ether oxygens (including phenoxy) is 1. The van der Waals surface area contributed by atoms with Crippen LogP contribution in [0.2, 0.25) is 10.0 Å². The lowest BCUT2D eigenvalue weighted by Gasteiger charge is -2.13. The van der Waals surface area contributed by atoms with Crippen LogP contribution in [0.4, 0.5) is 0 Å². The Hall–Kier alpha value is -1.22. The molecule has 0 aliphatic heterocycles. The zero-order valence-electron chi connectivity index (χ0n) is 12.4. The molecule has 21 heavy (non-hydrogen) atoms. The van der Waals surface area contributed by atoms with Gasteiger partial charge in [0.25, 0.3) is 0 Å². The van der Waals surface area contributed by atoms with Gasteiger partial charge in [-0.15, -0.1) is 0 Å². The fraction of sp³-hybridized carbons (Fsp3) is 0.294. The molecule has 0 unspecified atom stereocenters. The summed E-state index contributed by atoms with van der Waals surface area (Å²) in [4.78, 5) is 0. The van der Waals surface area contributed by atoms with Gasteiger partial charge in [-0.2, -0.15) is 0 Å². The van der Waals surface area contributed by atoms with Gasteiger partial charge in [-0.1, -0.05) is 49.2 Å². The molecule has 2 rings (SSSR count). The Kier molecular flexibility index (Phi) is 5.51. The largest absolute Gasteiger partial charge is 0.496 e. The second kappa shape index (κ2) is 7.17. The second-order valence-electron chi connectivity index (χ2n) is 5.19. The maximum absolute atomic E-state index is 6.43. The SMILES string of the molecule is COc1ccc(Cl)cc1-c1ccc(CNC(C)C)cc1Cl. The van der Waals surface area contributed by atoms with Crippen molar-refractivity contribution in [3.63, 3.8) is 0 Å². The smallest absolute Gasteiger partial charge is 0.126 e. The molecule has 4 heteroatoms. The van der Waals surface area contributed by atoms with Crippen LogP contribution in [0.15, 0.2) is 36.4 Å². The predicted octanol–water partition coefficient (Wildman–Crippen LogP) is 5.17. The molecule has 0 saturated carbocycles. The molecule has 2 aromatic rings. The molecule has 0 saturated heterocycles. The van der Waals surface area contributed by atoms with Crippen LogP contribution >= 0.6 is 23.2 Å². The van der Waals surface area contributed by atoms with Crippen LogP contribution in [-0.4, -0.2) is 13.2 Å². The summed E-state index contributed by atoms with van der Waals surface area (Å²) >= 11 is 12.5. The lowest BCUT2D eigenvalue weighted by Crippen LogP contribution is -2.21. The second-order valence-corrected chi connectivity index (χ2v) is 6.04. The Balaban J connectivity index is 2.35. The van der Waals surface area contributed by atoms with Crippen LogP contribution in [-0.2, 0) is 6.54 Å². The predicted molar refractivity (Wildman–Crippen MR) is 90.4 cm³/mol. The molecule has 2 nitrogen and oxygen atoms in total. The first kappa shape index (κ1) is 16.2. The van der Waals surface area contributed by atoms with Crippen molar-refractivity contribution in [2.24, 2.45) is 0 Å². The summed E-state index contributed by atoms with van der Waals surface area (Å²) in [5.41, 5.74) is 2.97. The van der Waals surface area contributed by atoms with E-state index in [9.17, 15) is 0 Å². The molecule has 0 amide bonds. The van der Waals surface area contributed by atoms with Crippen LogP contribution in [0.1, 0.15) is 19.4 Å². The molecule has 0 heterocycles. The number of benzene rings is 2. The number of hydrogen-bond acceptors (Lipinski definition) is 2. The summed E-state index contributed by atoms with van der Waals surface area (Å²) in [7, 11) is 1.64. The number of nitrogens with one attached hydrogen (secondary N) is 1. The monoisotopic (exact) mass is 323 g/mol. The molecule has 112 valence electrons. The topological polar surface area (TPSA) is 21.3 Å². The van der Waals surface area contributed by atoms with Crippen LogP contribution in [0, 0.1) is 0 Å². The Morgan fingerprint density at radius 3 is 2.43 bits per heavy atom. The van der Waals surface area contributed by atoms with Crippen molar-refractivity contribution in [3.05, 3.63) is 52.0 Å². The highest BCUT2D eigenvalue weighted by molar-refractivity contribution is 6.34. The fourth-order valence-electron chi connectivity index (χ4n) is 2.10. The highest BCUT2D eigenvalue weighted by Crippen LogP contribution is 2.37. The molecule has 0 bridgehead atoms. The normalized spacial score (nSPS) is 11.0. The minimum absolute atomic E-state index is 0.441. The van der Waals surface area contributed by atoms with Crippen LogP contribution < -0.4 is 10.1 Å². The third-order valence-electron chi connectivity index (χ3n) is 3.20. The first-order chi connectivity index (χ1) is 10.0. The Morgan fingerprint density at radius 2 is 1.81 bits per heavy atom. The minimum Gasteiger partial charge on any atom is -0.496 e. The van der Waals surface area contributed by atoms with Crippen molar-refractivity contribution in [1.82, 2.24) is 5.32 Å². The summed E-state index contributed by atoms with van der Waals surface area (Å²) in [5.74, 6) is 0.759. The number of halogens is 2. The molecule has 2 aromatic carbocycles. The van der Waals surface area contributed by atoms with E-state index in [-0.39, 0.29) is 0 Å². The van der Waals surface area contributed by atoms with Gasteiger partial charge in [0.15, 0.2) is 0 Å². The number of rotatable bonds is 5. The molecular weight excluding hydrogens is 305 g/mol. The molecular formula is C17H19Cl2NO. The van der Waals surface area contributed by atoms with E-state index in [1.54, 1.807) is 13.2 Å². The third-order valence-corrected chi connectivity index (χ3v) is 3.75. The Labute approximate surface area is 136 Å². The molecule has 0 fully saturated rings. The van der Waals surface area contributed by atoms with Gasteiger partial charge in [0.1, 0.15) is 5.75 Å². The van der Waals surface area contributed by atoms with Gasteiger partial charge in [-0.3, -0.25) is 0 Å². The van der Waals surface area contributed by atoms with Crippen molar-refractivity contribution in [2.75, 3.05) is 7.11 Å². The van der Waals surface area contributed by atoms with Gasteiger partial charge in [0.05, 0.1) is 7.11 Å². The van der Waals surface area contributed by atoms with Crippen molar-refractivity contribution in [3.8, 4) is 16.9 Å². The van der Waals surface area contributed by atoms with Crippen molar-refractivity contribution >= 4 is 23.2 Å². The summed E-state index contributed by atoms with van der Waals surface area (Å²) < 4.78 is 5.39. The highest BCUT2D eigenvalue weighted by atomic mass is 35.5. The van der Waals surface area contributed by atoms with E-state index in [1.165, 1.54) is 0 Å². The maximum Gasteiger partial charge on any atom is 0.126 e. The molecule has 0 aliphatic rings. The van der Waals surface area contributed by atoms with Crippen LogP contribution in [0.25, 0.3) is 11.1 Å². The summed E-state index contributed by atoms with van der Waals surface area (Å²) in [6.45, 7) is 5.03. The average molecular weight is 324 g/mol. The first-order valence-corrected chi connectivity index (χ1v) is 7.62. The summed E-state index contributed by atoms with van der Waals surface area (Å²) in [6, 6.07) is 12.0. The van der Waals surface area contributed by atoms with Crippen LogP contribution in [0.3, 0.4) is 0 Å². The van der Waals surface area contributed by atoms with E-state index >= 15 is 0 Å². The standard InChI is InChI=1S/C17H19Cl2NO/c1-11(2)20-10-12-4-6-14(16(19)8-12)15-9-13(18)5-7-17(15)21-3/h4-9,11,20H,10H2,1-3H3. The maximum atomic E-state index is 6.43. The number of methoxy groups -OCH3 is 1. The van der Waals surface area contributed by atoms with Gasteiger partial charge < -0.3 is 10.1 Å². The van der Waals surface area contributed by atoms with E-state index in [4.69, 9.17) is 27.9 Å². The molecule has 0 aromatic heterocycles. The van der Waals surface area contributed by atoms with E-state index in [2.05, 4.69) is 25.2 Å². The van der Waals surface area contributed by atoms with Gasteiger partial charge in [0, 0.05) is 33.8 Å². The van der Waals surface area contributed by atoms with Gasteiger partial charge in [-0.25, -0.2) is 0 Å². The van der Waals surface area contributed by atoms with Crippen molar-refractivity contribution < 1.29 is 4.74 Å². The van der Waals surface area contributed by atoms with E-state index in [0.29, 0.717) is 16.1 Å². The zero-order chi connectivity index (χ0) is 15.4. The quantitative estimate of drug-likeness (QED) is 0.819. The number of hydrogen-bond donors (Lipinski definition) is 1. The molecule has 0 spiro atoms. The van der Waals surface area contributed by atoms with E-state index in [0.717, 1.165) is 29.0 Å². The van der Waals surface area contributed by atoms with E-state index in [1.807, 2.05) is 24.3 Å². The third kappa shape index (κ3) is 4.13. The molecule has 0 radical (unpaired) electrons. The highest BCUT2D eigenvalue weighted by Gasteiger charge is 2.11. The zero-order valence-corrected chi connectivity index (χ0v) is 13.9. The lowest BCUT2D eigenvalue weighted by atomic mass is 10.0. The molecule has 0 atom stereocenters. The Bertz CT molecular complexity index is 626.